The minimum absolute atomic E-state index is 0.0408. The molecule has 0 aromatic heterocycles. The van der Waals surface area contributed by atoms with Crippen molar-refractivity contribution in [2.45, 2.75) is 140 Å². The lowest BCUT2D eigenvalue weighted by Gasteiger charge is -2.43. The molecule has 1 rings (SSSR count). The van der Waals surface area contributed by atoms with E-state index in [1.54, 1.807) is 0 Å². The highest BCUT2D eigenvalue weighted by molar-refractivity contribution is 5.69. The number of aliphatic hydroxyl groups excluding tert-OH is 4. The average Bonchev–Trinajstić information content (AvgIpc) is 2.77. The molecule has 32 heavy (non-hydrogen) atoms. The van der Waals surface area contributed by atoms with E-state index in [9.17, 15) is 25.2 Å². The Labute approximate surface area is 192 Å². The fourth-order valence-corrected chi connectivity index (χ4v) is 4.06. The molecular formula is C24H46O8. The van der Waals surface area contributed by atoms with Crippen LogP contribution in [0, 0.1) is 0 Å². The number of unbranched alkanes of at least 4 members (excludes halogenated alkanes) is 14. The van der Waals surface area contributed by atoms with E-state index in [4.69, 9.17) is 14.6 Å². The molecule has 0 bridgehead atoms. The second kappa shape index (κ2) is 16.8. The van der Waals surface area contributed by atoms with Crippen LogP contribution in [-0.4, -0.2) is 68.5 Å². The van der Waals surface area contributed by atoms with Gasteiger partial charge in [-0.3, -0.25) is 4.79 Å². The van der Waals surface area contributed by atoms with Gasteiger partial charge in [0.1, 0.15) is 18.3 Å². The molecule has 0 spiro atoms. The molecule has 1 unspecified atom stereocenters. The summed E-state index contributed by atoms with van der Waals surface area (Å²) in [4.78, 5) is 12.0. The Hall–Kier alpha value is -0.770. The summed E-state index contributed by atoms with van der Waals surface area (Å²) in [5.41, 5.74) is 0. The number of rotatable bonds is 18. The first-order chi connectivity index (χ1) is 15.4. The van der Waals surface area contributed by atoms with Gasteiger partial charge in [-0.05, 0) is 6.42 Å². The van der Waals surface area contributed by atoms with Gasteiger partial charge < -0.3 is 35.0 Å². The predicted octanol–water partition coefficient (Wildman–Crippen LogP) is 2.91. The highest BCUT2D eigenvalue weighted by atomic mass is 16.8. The van der Waals surface area contributed by atoms with Crippen molar-refractivity contribution in [1.82, 2.24) is 0 Å². The van der Waals surface area contributed by atoms with Gasteiger partial charge in [0.2, 0.25) is 0 Å². The molecule has 8 heteroatoms. The number of hydrogen-bond acceptors (Lipinski definition) is 8. The van der Waals surface area contributed by atoms with E-state index in [0.717, 1.165) is 19.3 Å². The van der Waals surface area contributed by atoms with Crippen LogP contribution in [0.3, 0.4) is 0 Å². The van der Waals surface area contributed by atoms with Crippen LogP contribution in [0.15, 0.2) is 0 Å². The van der Waals surface area contributed by atoms with E-state index in [2.05, 4.69) is 6.92 Å². The average molecular weight is 463 g/mol. The van der Waals surface area contributed by atoms with Crippen molar-refractivity contribution in [2.24, 2.45) is 0 Å². The highest BCUT2D eigenvalue weighted by Crippen LogP contribution is 2.29. The van der Waals surface area contributed by atoms with Crippen LogP contribution >= 0.6 is 0 Å². The topological polar surface area (TPSA) is 137 Å². The molecule has 0 aromatic rings. The molecule has 1 aliphatic heterocycles. The summed E-state index contributed by atoms with van der Waals surface area (Å²) < 4.78 is 9.74. The zero-order chi connectivity index (χ0) is 23.8. The highest BCUT2D eigenvalue weighted by Gasteiger charge is 2.55. The van der Waals surface area contributed by atoms with Crippen LogP contribution in [0.2, 0.25) is 0 Å². The molecule has 0 radical (unpaired) electrons. The van der Waals surface area contributed by atoms with Crippen LogP contribution in [0.4, 0.5) is 0 Å². The Balaban J connectivity index is 2.03. The molecule has 1 heterocycles. The third-order valence-electron chi connectivity index (χ3n) is 6.17. The molecule has 0 aromatic carbocycles. The van der Waals surface area contributed by atoms with Crippen molar-refractivity contribution in [3.05, 3.63) is 0 Å². The van der Waals surface area contributed by atoms with E-state index in [-0.39, 0.29) is 6.42 Å². The molecule has 5 atom stereocenters. The van der Waals surface area contributed by atoms with E-state index >= 15 is 0 Å². The molecule has 190 valence electrons. The normalized spacial score (nSPS) is 28.1. The lowest BCUT2D eigenvalue weighted by Crippen LogP contribution is -2.66. The summed E-state index contributed by atoms with van der Waals surface area (Å²) >= 11 is 0. The van der Waals surface area contributed by atoms with Crippen LogP contribution < -0.4 is 0 Å². The van der Waals surface area contributed by atoms with Crippen molar-refractivity contribution in [2.75, 3.05) is 6.61 Å². The first kappa shape index (κ1) is 29.3. The van der Waals surface area contributed by atoms with E-state index in [1.165, 1.54) is 70.6 Å². The molecule has 0 amide bonds. The summed E-state index contributed by atoms with van der Waals surface area (Å²) in [5, 5.41) is 48.7. The van der Waals surface area contributed by atoms with Gasteiger partial charge in [-0.15, -0.1) is 0 Å². The maximum atomic E-state index is 12.0. The lowest BCUT2D eigenvalue weighted by atomic mass is 9.98. The van der Waals surface area contributed by atoms with Crippen molar-refractivity contribution < 1.29 is 39.8 Å². The standard InChI is InChI=1S/C24H46O8/c1-2-3-4-5-6-7-8-9-10-11-12-13-14-15-16-17-20(26)32-24(30)23(29)22(28)21(27)19(18-25)31-24/h19,21-23,25,27-30H,2-18H2,1H3/t19-,21-,22+,23-,24?/m1/s1. The van der Waals surface area contributed by atoms with Crippen molar-refractivity contribution in [1.29, 1.82) is 0 Å². The number of esters is 1. The molecule has 8 nitrogen and oxygen atoms in total. The Bertz CT molecular complexity index is 487. The zero-order valence-corrected chi connectivity index (χ0v) is 19.8. The van der Waals surface area contributed by atoms with Crippen LogP contribution in [0.25, 0.3) is 0 Å². The van der Waals surface area contributed by atoms with Crippen molar-refractivity contribution in [3.8, 4) is 0 Å². The van der Waals surface area contributed by atoms with Crippen LogP contribution in [-0.2, 0) is 14.3 Å². The predicted molar refractivity (Wildman–Crippen MR) is 121 cm³/mol. The summed E-state index contributed by atoms with van der Waals surface area (Å²) in [5.74, 6) is -3.57. The monoisotopic (exact) mass is 462 g/mol. The number of hydrogen-bond donors (Lipinski definition) is 5. The van der Waals surface area contributed by atoms with Crippen LogP contribution in [0.5, 0.6) is 0 Å². The maximum Gasteiger partial charge on any atom is 0.357 e. The van der Waals surface area contributed by atoms with Crippen molar-refractivity contribution in [3.63, 3.8) is 0 Å². The first-order valence-corrected chi connectivity index (χ1v) is 12.6. The smallest absolute Gasteiger partial charge is 0.357 e. The third kappa shape index (κ3) is 10.9. The Morgan fingerprint density at radius 2 is 1.22 bits per heavy atom. The van der Waals surface area contributed by atoms with Gasteiger partial charge in [0, 0.05) is 6.42 Å². The second-order valence-corrected chi connectivity index (χ2v) is 9.07. The SMILES string of the molecule is CCCCCCCCCCCCCCCCCC(=O)OC1(O)O[C@H](CO)[C@@H](O)[C@H](O)[C@H]1O. The zero-order valence-electron chi connectivity index (χ0n) is 19.8. The summed E-state index contributed by atoms with van der Waals surface area (Å²) in [6.07, 6.45) is 11.3. The fourth-order valence-electron chi connectivity index (χ4n) is 4.06. The quantitative estimate of drug-likeness (QED) is 0.119. The van der Waals surface area contributed by atoms with Crippen LogP contribution in [0.1, 0.15) is 110 Å². The summed E-state index contributed by atoms with van der Waals surface area (Å²) in [6, 6.07) is 0. The summed E-state index contributed by atoms with van der Waals surface area (Å²) in [6.45, 7) is 1.52. The third-order valence-corrected chi connectivity index (χ3v) is 6.17. The molecule has 5 N–H and O–H groups in total. The van der Waals surface area contributed by atoms with Gasteiger partial charge in [-0.2, -0.15) is 0 Å². The van der Waals surface area contributed by atoms with Gasteiger partial charge in [0.05, 0.1) is 6.61 Å². The van der Waals surface area contributed by atoms with Gasteiger partial charge in [0.25, 0.3) is 0 Å². The molecule has 0 saturated carbocycles. The Morgan fingerprint density at radius 1 is 0.781 bits per heavy atom. The molecule has 1 fully saturated rings. The van der Waals surface area contributed by atoms with E-state index in [0.29, 0.717) is 6.42 Å². The van der Waals surface area contributed by atoms with E-state index in [1.807, 2.05) is 0 Å². The fraction of sp³-hybridized carbons (Fsp3) is 0.958. The largest absolute Gasteiger partial charge is 0.406 e. The Morgan fingerprint density at radius 3 is 1.66 bits per heavy atom. The van der Waals surface area contributed by atoms with Gasteiger partial charge in [-0.25, -0.2) is 0 Å². The molecular weight excluding hydrogens is 416 g/mol. The maximum absolute atomic E-state index is 12.0. The minimum Gasteiger partial charge on any atom is -0.406 e. The second-order valence-electron chi connectivity index (χ2n) is 9.07. The number of carbonyl (C=O) groups is 1. The molecule has 0 aliphatic carbocycles. The van der Waals surface area contributed by atoms with Crippen molar-refractivity contribution >= 4 is 5.97 Å². The van der Waals surface area contributed by atoms with Gasteiger partial charge >= 0.3 is 11.9 Å². The number of aliphatic hydroxyl groups is 5. The van der Waals surface area contributed by atoms with E-state index < -0.39 is 43.0 Å². The first-order valence-electron chi connectivity index (χ1n) is 12.6. The Kier molecular flexibility index (Phi) is 15.3. The molecule has 1 aliphatic rings. The lowest BCUT2D eigenvalue weighted by molar-refractivity contribution is -0.434. The van der Waals surface area contributed by atoms with Gasteiger partial charge in [-0.1, -0.05) is 96.8 Å². The molecule has 1 saturated heterocycles. The number of carbonyl (C=O) groups excluding carboxylic acids is 1. The van der Waals surface area contributed by atoms with Gasteiger partial charge in [0.15, 0.2) is 6.10 Å². The summed E-state index contributed by atoms with van der Waals surface area (Å²) in [7, 11) is 0. The minimum atomic E-state index is -2.79. The number of ether oxygens (including phenoxy) is 2.